The van der Waals surface area contributed by atoms with Gasteiger partial charge in [-0.05, 0) is 50.9 Å². The summed E-state index contributed by atoms with van der Waals surface area (Å²) in [4.78, 5) is 2.53. The smallest absolute Gasteiger partial charge is 0.0449 e. The van der Waals surface area contributed by atoms with Crippen molar-refractivity contribution in [1.82, 2.24) is 10.2 Å². The SMILES string of the molecule is CCCNC(CN(CC)C(C)C)c1ccc(CC)cc1. The molecule has 114 valence electrons. The van der Waals surface area contributed by atoms with Gasteiger partial charge in [0.1, 0.15) is 0 Å². The van der Waals surface area contributed by atoms with E-state index in [9.17, 15) is 0 Å². The first-order chi connectivity index (χ1) is 9.62. The van der Waals surface area contributed by atoms with E-state index in [1.54, 1.807) is 0 Å². The average Bonchev–Trinajstić information content (AvgIpc) is 2.47. The number of nitrogens with one attached hydrogen (secondary N) is 1. The molecule has 2 nitrogen and oxygen atoms in total. The van der Waals surface area contributed by atoms with Crippen LogP contribution in [0.2, 0.25) is 0 Å². The lowest BCUT2D eigenvalue weighted by molar-refractivity contribution is 0.207. The maximum Gasteiger partial charge on any atom is 0.0449 e. The molecule has 0 aromatic heterocycles. The molecule has 0 aliphatic rings. The van der Waals surface area contributed by atoms with Crippen molar-refractivity contribution in [2.24, 2.45) is 0 Å². The summed E-state index contributed by atoms with van der Waals surface area (Å²) in [6.45, 7) is 14.5. The van der Waals surface area contributed by atoms with E-state index in [0.717, 1.165) is 26.1 Å². The standard InChI is InChI=1S/C18H32N2/c1-6-13-19-18(14-20(8-3)15(4)5)17-11-9-16(7-2)10-12-17/h9-12,15,18-19H,6-8,13-14H2,1-5H3. The molecule has 0 radical (unpaired) electrons. The second-order valence-corrected chi connectivity index (χ2v) is 5.78. The Morgan fingerprint density at radius 1 is 1.05 bits per heavy atom. The van der Waals surface area contributed by atoms with Crippen LogP contribution in [-0.4, -0.2) is 30.6 Å². The van der Waals surface area contributed by atoms with Gasteiger partial charge in [-0.1, -0.05) is 45.0 Å². The van der Waals surface area contributed by atoms with E-state index >= 15 is 0 Å². The Morgan fingerprint density at radius 2 is 1.70 bits per heavy atom. The van der Waals surface area contributed by atoms with Gasteiger partial charge in [0.05, 0.1) is 0 Å². The van der Waals surface area contributed by atoms with Gasteiger partial charge in [-0.15, -0.1) is 0 Å². The van der Waals surface area contributed by atoms with Crippen molar-refractivity contribution in [2.45, 2.75) is 59.5 Å². The minimum atomic E-state index is 0.434. The molecular weight excluding hydrogens is 244 g/mol. The molecule has 1 N–H and O–H groups in total. The molecule has 0 aliphatic carbocycles. The number of hydrogen-bond acceptors (Lipinski definition) is 2. The van der Waals surface area contributed by atoms with Crippen LogP contribution >= 0.6 is 0 Å². The number of hydrogen-bond donors (Lipinski definition) is 1. The summed E-state index contributed by atoms with van der Waals surface area (Å²) in [7, 11) is 0. The van der Waals surface area contributed by atoms with Gasteiger partial charge < -0.3 is 5.32 Å². The predicted molar refractivity (Wildman–Crippen MR) is 89.2 cm³/mol. The highest BCUT2D eigenvalue weighted by atomic mass is 15.2. The van der Waals surface area contributed by atoms with Gasteiger partial charge in [0.25, 0.3) is 0 Å². The molecule has 2 heteroatoms. The predicted octanol–water partition coefficient (Wildman–Crippen LogP) is 4.02. The maximum atomic E-state index is 3.70. The number of aryl methyl sites for hydroxylation is 1. The van der Waals surface area contributed by atoms with Crippen LogP contribution < -0.4 is 5.32 Å². The van der Waals surface area contributed by atoms with Crippen LogP contribution in [0.5, 0.6) is 0 Å². The van der Waals surface area contributed by atoms with Gasteiger partial charge in [0, 0.05) is 18.6 Å². The molecule has 0 heterocycles. The van der Waals surface area contributed by atoms with Crippen LogP contribution in [0.1, 0.15) is 58.2 Å². The van der Waals surface area contributed by atoms with E-state index in [2.05, 4.69) is 69.1 Å². The molecule has 1 rings (SSSR count). The molecule has 1 aromatic carbocycles. The highest BCUT2D eigenvalue weighted by Crippen LogP contribution is 2.17. The van der Waals surface area contributed by atoms with Crippen molar-refractivity contribution in [1.29, 1.82) is 0 Å². The lowest BCUT2D eigenvalue weighted by Gasteiger charge is -2.30. The van der Waals surface area contributed by atoms with Gasteiger partial charge in [-0.2, -0.15) is 0 Å². The zero-order valence-corrected chi connectivity index (χ0v) is 13.9. The Kier molecular flexibility index (Phi) is 7.86. The molecule has 0 saturated heterocycles. The van der Waals surface area contributed by atoms with Crippen LogP contribution in [0, 0.1) is 0 Å². The molecule has 0 spiro atoms. The van der Waals surface area contributed by atoms with Crippen molar-refractivity contribution in [2.75, 3.05) is 19.6 Å². The summed E-state index contributed by atoms with van der Waals surface area (Å²) in [5, 5.41) is 3.70. The Bertz CT molecular complexity index is 356. The number of benzene rings is 1. The minimum Gasteiger partial charge on any atom is -0.309 e. The fraction of sp³-hybridized carbons (Fsp3) is 0.667. The van der Waals surface area contributed by atoms with Crippen LogP contribution in [0.25, 0.3) is 0 Å². The zero-order valence-electron chi connectivity index (χ0n) is 13.9. The normalized spacial score (nSPS) is 13.2. The van der Waals surface area contributed by atoms with E-state index in [1.807, 2.05) is 0 Å². The van der Waals surface area contributed by atoms with Crippen molar-refractivity contribution in [3.63, 3.8) is 0 Å². The van der Waals surface area contributed by atoms with Crippen LogP contribution in [0.3, 0.4) is 0 Å². The summed E-state index contributed by atoms with van der Waals surface area (Å²) < 4.78 is 0. The first kappa shape index (κ1) is 17.2. The topological polar surface area (TPSA) is 15.3 Å². The Balaban J connectivity index is 2.80. The van der Waals surface area contributed by atoms with Crippen LogP contribution in [-0.2, 0) is 6.42 Å². The van der Waals surface area contributed by atoms with E-state index in [-0.39, 0.29) is 0 Å². The highest BCUT2D eigenvalue weighted by Gasteiger charge is 2.16. The van der Waals surface area contributed by atoms with Crippen molar-refractivity contribution in [3.05, 3.63) is 35.4 Å². The first-order valence-electron chi connectivity index (χ1n) is 8.18. The van der Waals surface area contributed by atoms with Crippen molar-refractivity contribution >= 4 is 0 Å². The summed E-state index contributed by atoms with van der Waals surface area (Å²) in [6.07, 6.45) is 2.29. The van der Waals surface area contributed by atoms with Gasteiger partial charge in [-0.25, -0.2) is 0 Å². The summed E-state index contributed by atoms with van der Waals surface area (Å²) in [5.74, 6) is 0. The fourth-order valence-corrected chi connectivity index (χ4v) is 2.53. The monoisotopic (exact) mass is 276 g/mol. The third-order valence-electron chi connectivity index (χ3n) is 3.98. The van der Waals surface area contributed by atoms with E-state index in [1.165, 1.54) is 17.5 Å². The van der Waals surface area contributed by atoms with Gasteiger partial charge in [0.2, 0.25) is 0 Å². The Morgan fingerprint density at radius 3 is 2.15 bits per heavy atom. The molecule has 0 aliphatic heterocycles. The van der Waals surface area contributed by atoms with Gasteiger partial charge in [0.15, 0.2) is 0 Å². The first-order valence-corrected chi connectivity index (χ1v) is 8.18. The van der Waals surface area contributed by atoms with E-state index < -0.39 is 0 Å². The second-order valence-electron chi connectivity index (χ2n) is 5.78. The maximum absolute atomic E-state index is 3.70. The lowest BCUT2D eigenvalue weighted by atomic mass is 10.0. The summed E-state index contributed by atoms with van der Waals surface area (Å²) in [5.41, 5.74) is 2.83. The molecule has 0 bridgehead atoms. The zero-order chi connectivity index (χ0) is 15.0. The molecule has 1 aromatic rings. The number of likely N-dealkylation sites (N-methyl/N-ethyl adjacent to an activating group) is 1. The number of rotatable bonds is 9. The van der Waals surface area contributed by atoms with Crippen LogP contribution in [0.4, 0.5) is 0 Å². The summed E-state index contributed by atoms with van der Waals surface area (Å²) >= 11 is 0. The third kappa shape index (κ3) is 5.26. The molecule has 1 unspecified atom stereocenters. The van der Waals surface area contributed by atoms with E-state index in [4.69, 9.17) is 0 Å². The highest BCUT2D eigenvalue weighted by molar-refractivity contribution is 5.25. The van der Waals surface area contributed by atoms with Crippen molar-refractivity contribution < 1.29 is 0 Å². The molecule has 0 amide bonds. The lowest BCUT2D eigenvalue weighted by Crippen LogP contribution is -2.39. The quantitative estimate of drug-likeness (QED) is 0.733. The second kappa shape index (κ2) is 9.15. The fourth-order valence-electron chi connectivity index (χ4n) is 2.53. The Hall–Kier alpha value is -0.860. The average molecular weight is 276 g/mol. The summed E-state index contributed by atoms with van der Waals surface area (Å²) in [6, 6.07) is 10.1. The molecule has 0 fully saturated rings. The van der Waals surface area contributed by atoms with Gasteiger partial charge >= 0.3 is 0 Å². The number of nitrogens with zero attached hydrogens (tertiary/aromatic N) is 1. The largest absolute Gasteiger partial charge is 0.309 e. The van der Waals surface area contributed by atoms with Crippen LogP contribution in [0.15, 0.2) is 24.3 Å². The van der Waals surface area contributed by atoms with Crippen molar-refractivity contribution in [3.8, 4) is 0 Å². The Labute approximate surface area is 125 Å². The van der Waals surface area contributed by atoms with E-state index in [0.29, 0.717) is 12.1 Å². The van der Waals surface area contributed by atoms with Gasteiger partial charge in [-0.3, -0.25) is 4.90 Å². The molecule has 1 atom stereocenters. The third-order valence-corrected chi connectivity index (χ3v) is 3.98. The molecular formula is C18H32N2. The molecule has 0 saturated carbocycles. The minimum absolute atomic E-state index is 0.434. The molecule has 20 heavy (non-hydrogen) atoms.